The van der Waals surface area contributed by atoms with Gasteiger partial charge in [0.2, 0.25) is 5.91 Å². The van der Waals surface area contributed by atoms with Crippen molar-refractivity contribution in [3.05, 3.63) is 34.9 Å². The highest BCUT2D eigenvalue weighted by Gasteiger charge is 2.26. The van der Waals surface area contributed by atoms with Gasteiger partial charge in [0.1, 0.15) is 0 Å². The van der Waals surface area contributed by atoms with Gasteiger partial charge in [0.25, 0.3) is 0 Å². The Bertz CT molecular complexity index is 432. The van der Waals surface area contributed by atoms with Crippen molar-refractivity contribution in [2.24, 2.45) is 5.73 Å². The summed E-state index contributed by atoms with van der Waals surface area (Å²) >= 11 is 5.84. The van der Waals surface area contributed by atoms with Crippen LogP contribution >= 0.6 is 11.6 Å². The molecule has 2 N–H and O–H groups in total. The van der Waals surface area contributed by atoms with Crippen LogP contribution in [0.3, 0.4) is 0 Å². The summed E-state index contributed by atoms with van der Waals surface area (Å²) in [4.78, 5) is 14.2. The number of carbonyl (C=O) groups excluding carboxylic acids is 1. The number of halogens is 1. The molecule has 1 heterocycles. The zero-order chi connectivity index (χ0) is 13.8. The van der Waals surface area contributed by atoms with Crippen LogP contribution in [-0.2, 0) is 11.2 Å². The normalized spacial score (nSPS) is 23.4. The largest absolute Gasteiger partial charge is 0.340 e. The van der Waals surface area contributed by atoms with Crippen molar-refractivity contribution in [3.63, 3.8) is 0 Å². The minimum Gasteiger partial charge on any atom is -0.340 e. The predicted octanol–water partition coefficient (Wildman–Crippen LogP) is 2.61. The van der Waals surface area contributed by atoms with Crippen LogP contribution in [0.15, 0.2) is 24.3 Å². The Balaban J connectivity index is 1.85. The molecule has 1 aliphatic rings. The summed E-state index contributed by atoms with van der Waals surface area (Å²) in [7, 11) is 0. The number of rotatable bonds is 3. The molecule has 0 aliphatic carbocycles. The SMILES string of the molecule is C[C@@H]1C[C@H](N)CCN1C(=O)CCc1ccc(Cl)cc1. The predicted molar refractivity (Wildman–Crippen MR) is 78.2 cm³/mol. The smallest absolute Gasteiger partial charge is 0.223 e. The molecule has 0 bridgehead atoms. The van der Waals surface area contributed by atoms with Crippen LogP contribution in [0, 0.1) is 0 Å². The molecule has 2 atom stereocenters. The maximum Gasteiger partial charge on any atom is 0.223 e. The second-order valence-electron chi connectivity index (χ2n) is 5.35. The summed E-state index contributed by atoms with van der Waals surface area (Å²) in [6, 6.07) is 8.20. The minimum atomic E-state index is 0.231. The molecule has 19 heavy (non-hydrogen) atoms. The highest BCUT2D eigenvalue weighted by molar-refractivity contribution is 6.30. The van der Waals surface area contributed by atoms with Crippen LogP contribution < -0.4 is 5.73 Å². The van der Waals surface area contributed by atoms with Crippen molar-refractivity contribution in [2.45, 2.75) is 44.7 Å². The second kappa shape index (κ2) is 6.40. The molecule has 4 heteroatoms. The number of nitrogens with zero attached hydrogens (tertiary/aromatic N) is 1. The average Bonchev–Trinajstić information content (AvgIpc) is 2.37. The van der Waals surface area contributed by atoms with Crippen molar-refractivity contribution in [3.8, 4) is 0 Å². The molecular weight excluding hydrogens is 260 g/mol. The fraction of sp³-hybridized carbons (Fsp3) is 0.533. The maximum absolute atomic E-state index is 12.2. The lowest BCUT2D eigenvalue weighted by Gasteiger charge is -2.36. The van der Waals surface area contributed by atoms with Crippen LogP contribution in [0.5, 0.6) is 0 Å². The lowest BCUT2D eigenvalue weighted by molar-refractivity contribution is -0.134. The Labute approximate surface area is 119 Å². The van der Waals surface area contributed by atoms with Crippen molar-refractivity contribution < 1.29 is 4.79 Å². The summed E-state index contributed by atoms with van der Waals surface area (Å²) in [5.74, 6) is 0.231. The molecule has 1 aliphatic heterocycles. The average molecular weight is 281 g/mol. The number of aryl methyl sites for hydroxylation is 1. The number of piperidine rings is 1. The van der Waals surface area contributed by atoms with E-state index in [-0.39, 0.29) is 18.0 Å². The molecule has 1 aromatic carbocycles. The van der Waals surface area contributed by atoms with Gasteiger partial charge in [0.15, 0.2) is 0 Å². The summed E-state index contributed by atoms with van der Waals surface area (Å²) in [5.41, 5.74) is 7.07. The van der Waals surface area contributed by atoms with Gasteiger partial charge < -0.3 is 10.6 Å². The monoisotopic (exact) mass is 280 g/mol. The number of hydrogen-bond acceptors (Lipinski definition) is 2. The summed E-state index contributed by atoms with van der Waals surface area (Å²) in [5, 5.41) is 0.730. The van der Waals surface area contributed by atoms with E-state index in [9.17, 15) is 4.79 Å². The first kappa shape index (κ1) is 14.4. The minimum absolute atomic E-state index is 0.231. The van der Waals surface area contributed by atoms with Gasteiger partial charge in [-0.1, -0.05) is 23.7 Å². The van der Waals surface area contributed by atoms with Crippen molar-refractivity contribution in [1.82, 2.24) is 4.90 Å². The van der Waals surface area contributed by atoms with E-state index in [1.807, 2.05) is 29.2 Å². The Hall–Kier alpha value is -1.06. The first-order valence-electron chi connectivity index (χ1n) is 6.86. The van der Waals surface area contributed by atoms with Crippen LogP contribution in [0.4, 0.5) is 0 Å². The Kier molecular flexibility index (Phi) is 4.83. The first-order valence-corrected chi connectivity index (χ1v) is 7.23. The van der Waals surface area contributed by atoms with Crippen LogP contribution in [0.2, 0.25) is 5.02 Å². The van der Waals surface area contributed by atoms with E-state index >= 15 is 0 Å². The van der Waals surface area contributed by atoms with Crippen molar-refractivity contribution >= 4 is 17.5 Å². The molecule has 1 saturated heterocycles. The molecule has 1 fully saturated rings. The Morgan fingerprint density at radius 1 is 1.42 bits per heavy atom. The molecular formula is C15H21ClN2O. The first-order chi connectivity index (χ1) is 9.06. The second-order valence-corrected chi connectivity index (χ2v) is 5.78. The zero-order valence-corrected chi connectivity index (χ0v) is 12.1. The fourth-order valence-corrected chi connectivity index (χ4v) is 2.75. The lowest BCUT2D eigenvalue weighted by Crippen LogP contribution is -2.48. The van der Waals surface area contributed by atoms with Gasteiger partial charge in [-0.3, -0.25) is 4.79 Å². The highest BCUT2D eigenvalue weighted by atomic mass is 35.5. The molecule has 0 unspecified atom stereocenters. The molecule has 1 aromatic rings. The number of hydrogen-bond donors (Lipinski definition) is 1. The van der Waals surface area contributed by atoms with E-state index in [4.69, 9.17) is 17.3 Å². The molecule has 104 valence electrons. The van der Waals surface area contributed by atoms with E-state index < -0.39 is 0 Å². The van der Waals surface area contributed by atoms with E-state index in [1.54, 1.807) is 0 Å². The third kappa shape index (κ3) is 3.95. The van der Waals surface area contributed by atoms with Crippen LogP contribution in [-0.4, -0.2) is 29.4 Å². The summed E-state index contributed by atoms with van der Waals surface area (Å²) in [6.07, 6.45) is 3.15. The number of likely N-dealkylation sites (tertiary alicyclic amines) is 1. The van der Waals surface area contributed by atoms with Crippen molar-refractivity contribution in [1.29, 1.82) is 0 Å². The Morgan fingerprint density at radius 2 is 2.11 bits per heavy atom. The quantitative estimate of drug-likeness (QED) is 0.925. The van der Waals surface area contributed by atoms with Gasteiger partial charge in [-0.25, -0.2) is 0 Å². The Morgan fingerprint density at radius 3 is 2.74 bits per heavy atom. The van der Waals surface area contributed by atoms with Gasteiger partial charge in [0.05, 0.1) is 0 Å². The summed E-state index contributed by atoms with van der Waals surface area (Å²) in [6.45, 7) is 2.88. The van der Waals surface area contributed by atoms with Gasteiger partial charge >= 0.3 is 0 Å². The number of nitrogens with two attached hydrogens (primary N) is 1. The molecule has 1 amide bonds. The van der Waals surface area contributed by atoms with Crippen molar-refractivity contribution in [2.75, 3.05) is 6.54 Å². The fourth-order valence-electron chi connectivity index (χ4n) is 2.62. The third-order valence-electron chi connectivity index (χ3n) is 3.78. The van der Waals surface area contributed by atoms with Gasteiger partial charge in [-0.2, -0.15) is 0 Å². The van der Waals surface area contributed by atoms with Gasteiger partial charge in [-0.05, 0) is 43.9 Å². The van der Waals surface area contributed by atoms with E-state index in [2.05, 4.69) is 6.92 Å². The van der Waals surface area contributed by atoms with Crippen LogP contribution in [0.1, 0.15) is 31.7 Å². The van der Waals surface area contributed by atoms with Crippen LogP contribution in [0.25, 0.3) is 0 Å². The van der Waals surface area contributed by atoms with E-state index in [0.29, 0.717) is 6.42 Å². The maximum atomic E-state index is 12.2. The van der Waals surface area contributed by atoms with E-state index in [0.717, 1.165) is 36.4 Å². The van der Waals surface area contributed by atoms with Gasteiger partial charge in [0, 0.05) is 30.1 Å². The highest BCUT2D eigenvalue weighted by Crippen LogP contribution is 2.18. The molecule has 0 aromatic heterocycles. The van der Waals surface area contributed by atoms with Gasteiger partial charge in [-0.15, -0.1) is 0 Å². The summed E-state index contributed by atoms with van der Waals surface area (Å²) < 4.78 is 0. The lowest BCUT2D eigenvalue weighted by atomic mass is 9.98. The molecule has 0 spiro atoms. The number of benzene rings is 1. The zero-order valence-electron chi connectivity index (χ0n) is 11.3. The molecule has 3 nitrogen and oxygen atoms in total. The molecule has 0 saturated carbocycles. The topological polar surface area (TPSA) is 46.3 Å². The number of carbonyl (C=O) groups is 1. The van der Waals surface area contributed by atoms with E-state index in [1.165, 1.54) is 0 Å². The standard InChI is InChI=1S/C15H21ClN2O/c1-11-10-14(17)8-9-18(11)15(19)7-4-12-2-5-13(16)6-3-12/h2-3,5-6,11,14H,4,7-10,17H2,1H3/t11-,14-/m1/s1. The molecule has 0 radical (unpaired) electrons. The third-order valence-corrected chi connectivity index (χ3v) is 4.03. The molecule has 2 rings (SSSR count). The number of amides is 1.